The first-order valence-electron chi connectivity index (χ1n) is 10.9. The fourth-order valence-corrected chi connectivity index (χ4v) is 3.66. The van der Waals surface area contributed by atoms with Crippen LogP contribution in [0.5, 0.6) is 0 Å². The summed E-state index contributed by atoms with van der Waals surface area (Å²) in [5.74, 6) is -0.179. The number of rotatable bonds is 6. The summed E-state index contributed by atoms with van der Waals surface area (Å²) in [6.07, 6.45) is 4.76. The molecule has 2 fully saturated rings. The number of hydrogen-bond acceptors (Lipinski definition) is 8. The number of ether oxygens (including phenoxy) is 2. The van der Waals surface area contributed by atoms with Crippen molar-refractivity contribution in [1.29, 1.82) is 0 Å². The SMILES string of the molecule is CC1(C)OCC(CON=C2CCN(c3ncc(-c4cccc(CO)c4F)cn3)CC2)CO1. The molecule has 0 spiro atoms. The molecule has 0 atom stereocenters. The Morgan fingerprint density at radius 1 is 1.19 bits per heavy atom. The van der Waals surface area contributed by atoms with E-state index in [1.165, 1.54) is 0 Å². The Labute approximate surface area is 187 Å². The minimum absolute atomic E-state index is 0.183. The number of aliphatic hydroxyl groups excluding tert-OH is 1. The van der Waals surface area contributed by atoms with E-state index < -0.39 is 11.6 Å². The molecule has 9 heteroatoms. The topological polar surface area (TPSA) is 89.3 Å². The van der Waals surface area contributed by atoms with Gasteiger partial charge in [-0.25, -0.2) is 14.4 Å². The summed E-state index contributed by atoms with van der Waals surface area (Å²) in [6.45, 7) is 6.62. The Balaban J connectivity index is 1.28. The monoisotopic (exact) mass is 444 g/mol. The Kier molecular flexibility index (Phi) is 6.98. The predicted octanol–water partition coefficient (Wildman–Crippen LogP) is 3.15. The summed E-state index contributed by atoms with van der Waals surface area (Å²) in [4.78, 5) is 16.5. The molecule has 1 N–H and O–H groups in total. The van der Waals surface area contributed by atoms with E-state index in [1.807, 2.05) is 13.8 Å². The van der Waals surface area contributed by atoms with Crippen molar-refractivity contribution in [2.75, 3.05) is 37.8 Å². The van der Waals surface area contributed by atoms with Gasteiger partial charge in [-0.3, -0.25) is 0 Å². The summed E-state index contributed by atoms with van der Waals surface area (Å²) in [5.41, 5.74) is 2.22. The van der Waals surface area contributed by atoms with E-state index in [4.69, 9.17) is 14.3 Å². The molecule has 0 bridgehead atoms. The zero-order valence-electron chi connectivity index (χ0n) is 18.5. The molecule has 3 heterocycles. The number of aliphatic hydroxyl groups is 1. The van der Waals surface area contributed by atoms with Crippen LogP contribution in [0.15, 0.2) is 35.7 Å². The molecule has 1 aromatic heterocycles. The lowest BCUT2D eigenvalue weighted by Gasteiger charge is -2.34. The Morgan fingerprint density at radius 3 is 2.53 bits per heavy atom. The van der Waals surface area contributed by atoms with Gasteiger partial charge in [-0.15, -0.1) is 0 Å². The number of halogens is 1. The molecule has 0 saturated carbocycles. The van der Waals surface area contributed by atoms with Crippen molar-refractivity contribution < 1.29 is 23.8 Å². The van der Waals surface area contributed by atoms with E-state index in [0.29, 0.717) is 36.9 Å². The summed E-state index contributed by atoms with van der Waals surface area (Å²) >= 11 is 0. The average Bonchev–Trinajstić information content (AvgIpc) is 2.81. The van der Waals surface area contributed by atoms with Crippen LogP contribution in [0.2, 0.25) is 0 Å². The number of nitrogens with zero attached hydrogens (tertiary/aromatic N) is 4. The van der Waals surface area contributed by atoms with E-state index in [9.17, 15) is 9.50 Å². The van der Waals surface area contributed by atoms with Crippen molar-refractivity contribution in [1.82, 2.24) is 9.97 Å². The second-order valence-corrected chi connectivity index (χ2v) is 8.54. The van der Waals surface area contributed by atoms with Crippen LogP contribution >= 0.6 is 0 Å². The lowest BCUT2D eigenvalue weighted by molar-refractivity contribution is -0.266. The van der Waals surface area contributed by atoms with Crippen molar-refractivity contribution >= 4 is 11.7 Å². The number of piperidine rings is 1. The van der Waals surface area contributed by atoms with Gasteiger partial charge in [-0.05, 0) is 13.8 Å². The molecule has 2 aliphatic rings. The van der Waals surface area contributed by atoms with Crippen molar-refractivity contribution in [3.8, 4) is 11.1 Å². The number of anilines is 1. The van der Waals surface area contributed by atoms with Crippen LogP contribution in [-0.4, -0.2) is 59.5 Å². The molecule has 2 saturated heterocycles. The highest BCUT2D eigenvalue weighted by Gasteiger charge is 2.28. The highest BCUT2D eigenvalue weighted by Crippen LogP contribution is 2.25. The first-order valence-corrected chi connectivity index (χ1v) is 10.9. The van der Waals surface area contributed by atoms with E-state index in [1.54, 1.807) is 30.6 Å². The first-order chi connectivity index (χ1) is 15.4. The van der Waals surface area contributed by atoms with Crippen molar-refractivity contribution in [2.45, 2.75) is 39.1 Å². The molecule has 0 amide bonds. The van der Waals surface area contributed by atoms with Crippen molar-refractivity contribution in [3.05, 3.63) is 42.0 Å². The van der Waals surface area contributed by atoms with E-state index in [2.05, 4.69) is 20.0 Å². The standard InChI is InChI=1S/C23H29FN4O4/c1-23(2)30-13-16(14-31-23)15-32-27-19-6-8-28(9-7-19)22-25-10-18(11-26-22)20-5-3-4-17(12-29)21(20)24/h3-5,10-11,16,29H,6-9,12-15H2,1-2H3. The third-order valence-corrected chi connectivity index (χ3v) is 5.66. The number of hydrogen-bond donors (Lipinski definition) is 1. The van der Waals surface area contributed by atoms with Crippen LogP contribution in [0.1, 0.15) is 32.3 Å². The normalized spacial score (nSPS) is 19.1. The van der Waals surface area contributed by atoms with Gasteiger partial charge >= 0.3 is 0 Å². The van der Waals surface area contributed by atoms with Gasteiger partial charge < -0.3 is 24.3 Å². The third kappa shape index (κ3) is 5.40. The first kappa shape index (κ1) is 22.6. The van der Waals surface area contributed by atoms with Crippen LogP contribution in [0.4, 0.5) is 10.3 Å². The Bertz CT molecular complexity index is 932. The van der Waals surface area contributed by atoms with Gasteiger partial charge in [0.05, 0.1) is 25.5 Å². The second kappa shape index (κ2) is 9.89. The molecule has 0 aliphatic carbocycles. The van der Waals surface area contributed by atoms with Crippen LogP contribution in [0.25, 0.3) is 11.1 Å². The minimum atomic E-state index is -0.521. The van der Waals surface area contributed by atoms with Crippen molar-refractivity contribution in [3.63, 3.8) is 0 Å². The molecule has 1 aromatic carbocycles. The van der Waals surface area contributed by atoms with E-state index in [-0.39, 0.29) is 18.1 Å². The zero-order valence-corrected chi connectivity index (χ0v) is 18.5. The molecule has 0 radical (unpaired) electrons. The molecule has 2 aromatic rings. The van der Waals surface area contributed by atoms with Gasteiger partial charge in [0, 0.05) is 60.9 Å². The molecule has 8 nitrogen and oxygen atoms in total. The Hall–Kier alpha value is -2.62. The smallest absolute Gasteiger partial charge is 0.225 e. The van der Waals surface area contributed by atoms with Gasteiger partial charge in [0.15, 0.2) is 5.79 Å². The fraction of sp³-hybridized carbons (Fsp3) is 0.522. The van der Waals surface area contributed by atoms with Crippen molar-refractivity contribution in [2.24, 2.45) is 11.1 Å². The quantitative estimate of drug-likeness (QED) is 0.685. The van der Waals surface area contributed by atoms with Crippen LogP contribution in [-0.2, 0) is 20.9 Å². The van der Waals surface area contributed by atoms with E-state index in [0.717, 1.165) is 31.6 Å². The minimum Gasteiger partial charge on any atom is -0.395 e. The molecular formula is C23H29FN4O4. The molecule has 0 unspecified atom stereocenters. The summed E-state index contributed by atoms with van der Waals surface area (Å²) in [5, 5.41) is 13.6. The van der Waals surface area contributed by atoms with Gasteiger partial charge in [-0.1, -0.05) is 23.4 Å². The molecular weight excluding hydrogens is 415 g/mol. The van der Waals surface area contributed by atoms with Crippen LogP contribution in [0.3, 0.4) is 0 Å². The molecule has 4 rings (SSSR count). The highest BCUT2D eigenvalue weighted by molar-refractivity contribution is 5.86. The van der Waals surface area contributed by atoms with Gasteiger partial charge in [0.1, 0.15) is 12.4 Å². The maximum atomic E-state index is 14.4. The molecule has 172 valence electrons. The highest BCUT2D eigenvalue weighted by atomic mass is 19.1. The maximum Gasteiger partial charge on any atom is 0.225 e. The third-order valence-electron chi connectivity index (χ3n) is 5.66. The molecule has 2 aliphatic heterocycles. The number of oxime groups is 1. The summed E-state index contributed by atoms with van der Waals surface area (Å²) < 4.78 is 25.7. The summed E-state index contributed by atoms with van der Waals surface area (Å²) in [7, 11) is 0. The van der Waals surface area contributed by atoms with E-state index >= 15 is 0 Å². The lowest BCUT2D eigenvalue weighted by Crippen LogP contribution is -2.40. The predicted molar refractivity (Wildman–Crippen MR) is 118 cm³/mol. The Morgan fingerprint density at radius 2 is 1.88 bits per heavy atom. The van der Waals surface area contributed by atoms with Crippen LogP contribution in [0, 0.1) is 11.7 Å². The summed E-state index contributed by atoms with van der Waals surface area (Å²) in [6, 6.07) is 4.92. The van der Waals surface area contributed by atoms with Gasteiger partial charge in [0.25, 0.3) is 0 Å². The van der Waals surface area contributed by atoms with Crippen LogP contribution < -0.4 is 4.90 Å². The van der Waals surface area contributed by atoms with Gasteiger partial charge in [0.2, 0.25) is 5.95 Å². The second-order valence-electron chi connectivity index (χ2n) is 8.54. The van der Waals surface area contributed by atoms with Gasteiger partial charge in [-0.2, -0.15) is 0 Å². The average molecular weight is 445 g/mol. The fourth-order valence-electron chi connectivity index (χ4n) is 3.66. The number of benzene rings is 1. The molecule has 32 heavy (non-hydrogen) atoms. The zero-order chi connectivity index (χ0) is 22.6. The lowest BCUT2D eigenvalue weighted by atomic mass is 10.1. The maximum absolute atomic E-state index is 14.4. The number of aromatic nitrogens is 2. The largest absolute Gasteiger partial charge is 0.395 e.